The molecule has 0 saturated carbocycles. The van der Waals surface area contributed by atoms with Crippen LogP contribution in [0.1, 0.15) is 19.8 Å². The zero-order valence-electron chi connectivity index (χ0n) is 11.3. The quantitative estimate of drug-likeness (QED) is 0.696. The minimum absolute atomic E-state index is 0.217. The molecule has 0 bridgehead atoms. The molecule has 0 N–H and O–H groups in total. The van der Waals surface area contributed by atoms with Gasteiger partial charge in [0.05, 0.1) is 6.54 Å². The number of carbonyl (C=O) groups excluding carboxylic acids is 1. The van der Waals surface area contributed by atoms with Gasteiger partial charge in [0.15, 0.2) is 0 Å². The van der Waals surface area contributed by atoms with Gasteiger partial charge in [-0.15, -0.1) is 0 Å². The lowest BCUT2D eigenvalue weighted by Gasteiger charge is -2.34. The van der Waals surface area contributed by atoms with E-state index in [0.29, 0.717) is 12.5 Å². The van der Waals surface area contributed by atoms with Gasteiger partial charge < -0.3 is 9.80 Å². The number of likely N-dealkylation sites (tertiary alicyclic amines) is 1. The molecule has 1 aliphatic rings. The second-order valence-electron chi connectivity index (χ2n) is 5.22. The van der Waals surface area contributed by atoms with E-state index in [1.54, 1.807) is 0 Å². The minimum Gasteiger partial charge on any atom is -0.341 e. The average molecular weight is 236 g/mol. The third-order valence-electron chi connectivity index (χ3n) is 3.27. The lowest BCUT2D eigenvalue weighted by atomic mass is 9.88. The van der Waals surface area contributed by atoms with Crippen molar-refractivity contribution in [3.05, 3.63) is 24.3 Å². The minimum atomic E-state index is 0.217. The maximum atomic E-state index is 12.0. The van der Waals surface area contributed by atoms with Crippen molar-refractivity contribution in [2.75, 3.05) is 33.7 Å². The number of carbonyl (C=O) groups is 1. The number of rotatable bonds is 4. The Balaban J connectivity index is 2.57. The first kappa shape index (κ1) is 14.0. The van der Waals surface area contributed by atoms with Crippen molar-refractivity contribution in [1.29, 1.82) is 0 Å². The van der Waals surface area contributed by atoms with Crippen molar-refractivity contribution in [1.82, 2.24) is 9.80 Å². The summed E-state index contributed by atoms with van der Waals surface area (Å²) in [5, 5.41) is 0. The highest BCUT2D eigenvalue weighted by atomic mass is 16.2. The van der Waals surface area contributed by atoms with Crippen LogP contribution < -0.4 is 0 Å². The Kier molecular flexibility index (Phi) is 4.94. The highest BCUT2D eigenvalue weighted by Crippen LogP contribution is 2.26. The summed E-state index contributed by atoms with van der Waals surface area (Å²) in [4.78, 5) is 15.9. The van der Waals surface area contributed by atoms with Gasteiger partial charge in [-0.05, 0) is 39.4 Å². The van der Waals surface area contributed by atoms with Crippen LogP contribution in [0.15, 0.2) is 24.3 Å². The summed E-state index contributed by atoms with van der Waals surface area (Å²) in [6, 6.07) is 0. The van der Waals surface area contributed by atoms with E-state index in [0.717, 1.165) is 37.1 Å². The van der Waals surface area contributed by atoms with Gasteiger partial charge in [-0.2, -0.15) is 0 Å². The Bertz CT molecular complexity index is 320. The normalized spacial score (nSPS) is 20.5. The third kappa shape index (κ3) is 4.00. The van der Waals surface area contributed by atoms with Crippen LogP contribution in [0, 0.1) is 5.92 Å². The molecule has 0 aromatic heterocycles. The fraction of sp³-hybridized carbons (Fsp3) is 0.643. The van der Waals surface area contributed by atoms with Crippen LogP contribution in [0.4, 0.5) is 0 Å². The molecule has 1 aliphatic heterocycles. The number of allylic oxidation sites excluding steroid dienone is 1. The maximum absolute atomic E-state index is 12.0. The Hall–Kier alpha value is -1.09. The molecule has 96 valence electrons. The monoisotopic (exact) mass is 236 g/mol. The fourth-order valence-corrected chi connectivity index (χ4v) is 2.21. The van der Waals surface area contributed by atoms with Crippen LogP contribution >= 0.6 is 0 Å². The van der Waals surface area contributed by atoms with E-state index in [1.807, 2.05) is 30.8 Å². The first-order chi connectivity index (χ1) is 7.91. The molecule has 3 nitrogen and oxygen atoms in total. The van der Waals surface area contributed by atoms with E-state index >= 15 is 0 Å². The van der Waals surface area contributed by atoms with Crippen molar-refractivity contribution >= 4 is 5.91 Å². The first-order valence-corrected chi connectivity index (χ1v) is 6.19. The van der Waals surface area contributed by atoms with Gasteiger partial charge >= 0.3 is 0 Å². The summed E-state index contributed by atoms with van der Waals surface area (Å²) in [6.07, 6.45) is 2.19. The van der Waals surface area contributed by atoms with E-state index in [-0.39, 0.29) is 5.91 Å². The molecular weight excluding hydrogens is 212 g/mol. The maximum Gasteiger partial charge on any atom is 0.236 e. The van der Waals surface area contributed by atoms with Gasteiger partial charge in [-0.3, -0.25) is 4.79 Å². The van der Waals surface area contributed by atoms with E-state index in [9.17, 15) is 4.79 Å². The van der Waals surface area contributed by atoms with E-state index in [2.05, 4.69) is 13.2 Å². The fourth-order valence-electron chi connectivity index (χ4n) is 2.21. The predicted octanol–water partition coefficient (Wildman–Crippen LogP) is 1.92. The largest absolute Gasteiger partial charge is 0.341 e. The molecule has 0 aromatic carbocycles. The van der Waals surface area contributed by atoms with E-state index in [1.165, 1.54) is 0 Å². The van der Waals surface area contributed by atoms with Crippen molar-refractivity contribution in [2.45, 2.75) is 19.8 Å². The Morgan fingerprint density at radius 1 is 1.41 bits per heavy atom. The van der Waals surface area contributed by atoms with Gasteiger partial charge in [-0.1, -0.05) is 18.7 Å². The summed E-state index contributed by atoms with van der Waals surface area (Å²) < 4.78 is 0. The molecular formula is C14H24N2O. The van der Waals surface area contributed by atoms with Gasteiger partial charge in [-0.25, -0.2) is 0 Å². The molecule has 1 rings (SSSR count). The van der Waals surface area contributed by atoms with Gasteiger partial charge in [0.25, 0.3) is 0 Å². The molecule has 17 heavy (non-hydrogen) atoms. The molecule has 1 unspecified atom stereocenters. The van der Waals surface area contributed by atoms with Crippen molar-refractivity contribution in [3.8, 4) is 0 Å². The molecule has 1 atom stereocenters. The molecule has 1 fully saturated rings. The lowest BCUT2D eigenvalue weighted by molar-refractivity contribution is -0.133. The SMILES string of the molecule is C=C(C)C(=C)C1CCCN(C(=O)CN(C)C)C1. The molecule has 1 saturated heterocycles. The average Bonchev–Trinajstić information content (AvgIpc) is 2.27. The van der Waals surface area contributed by atoms with Crippen LogP contribution in [0.5, 0.6) is 0 Å². The topological polar surface area (TPSA) is 23.6 Å². The molecule has 1 amide bonds. The van der Waals surface area contributed by atoms with Crippen LogP contribution in [0.3, 0.4) is 0 Å². The van der Waals surface area contributed by atoms with Gasteiger partial charge in [0.1, 0.15) is 0 Å². The highest BCUT2D eigenvalue weighted by molar-refractivity contribution is 5.78. The van der Waals surface area contributed by atoms with Gasteiger partial charge in [0, 0.05) is 19.0 Å². The Labute approximate surface area is 105 Å². The predicted molar refractivity (Wildman–Crippen MR) is 71.8 cm³/mol. The van der Waals surface area contributed by atoms with E-state index < -0.39 is 0 Å². The number of hydrogen-bond donors (Lipinski definition) is 0. The Morgan fingerprint density at radius 2 is 2.06 bits per heavy atom. The number of likely N-dealkylation sites (N-methyl/N-ethyl adjacent to an activating group) is 1. The summed E-state index contributed by atoms with van der Waals surface area (Å²) >= 11 is 0. The summed E-state index contributed by atoms with van der Waals surface area (Å²) in [7, 11) is 3.85. The zero-order valence-corrected chi connectivity index (χ0v) is 11.3. The van der Waals surface area contributed by atoms with Crippen LogP contribution in [0.2, 0.25) is 0 Å². The Morgan fingerprint density at radius 3 is 2.59 bits per heavy atom. The standard InChI is InChI=1S/C14H24N2O/c1-11(2)12(3)13-7-6-8-16(9-13)14(17)10-15(4)5/h13H,1,3,6-10H2,2,4-5H3. The first-order valence-electron chi connectivity index (χ1n) is 6.19. The number of nitrogens with zero attached hydrogens (tertiary/aromatic N) is 2. The molecule has 3 heteroatoms. The van der Waals surface area contributed by atoms with Crippen molar-refractivity contribution in [3.63, 3.8) is 0 Å². The van der Waals surface area contributed by atoms with Crippen molar-refractivity contribution < 1.29 is 4.79 Å². The van der Waals surface area contributed by atoms with Gasteiger partial charge in [0.2, 0.25) is 5.91 Å². The third-order valence-corrected chi connectivity index (χ3v) is 3.27. The van der Waals surface area contributed by atoms with Crippen LogP contribution in [-0.2, 0) is 4.79 Å². The number of piperidine rings is 1. The van der Waals surface area contributed by atoms with Crippen LogP contribution in [-0.4, -0.2) is 49.4 Å². The zero-order chi connectivity index (χ0) is 13.0. The molecule has 0 spiro atoms. The molecule has 0 radical (unpaired) electrons. The second kappa shape index (κ2) is 6.01. The molecule has 0 aromatic rings. The smallest absolute Gasteiger partial charge is 0.236 e. The highest BCUT2D eigenvalue weighted by Gasteiger charge is 2.25. The summed E-state index contributed by atoms with van der Waals surface area (Å²) in [5.41, 5.74) is 2.14. The molecule has 1 heterocycles. The number of amides is 1. The lowest BCUT2D eigenvalue weighted by Crippen LogP contribution is -2.44. The van der Waals surface area contributed by atoms with Crippen molar-refractivity contribution in [2.24, 2.45) is 5.92 Å². The van der Waals surface area contributed by atoms with E-state index in [4.69, 9.17) is 0 Å². The molecule has 0 aliphatic carbocycles. The summed E-state index contributed by atoms with van der Waals surface area (Å²) in [5.74, 6) is 0.613. The second-order valence-corrected chi connectivity index (χ2v) is 5.22. The summed E-state index contributed by atoms with van der Waals surface area (Å²) in [6.45, 7) is 12.2. The van der Waals surface area contributed by atoms with Crippen LogP contribution in [0.25, 0.3) is 0 Å². The number of hydrogen-bond acceptors (Lipinski definition) is 2.